The topological polar surface area (TPSA) is 163 Å². The van der Waals surface area contributed by atoms with Crippen molar-refractivity contribution in [3.05, 3.63) is 22.3 Å². The number of β-lactam (4-membered cyclic amide) rings is 1. The van der Waals surface area contributed by atoms with Gasteiger partial charge in [-0.25, -0.2) is 9.78 Å². The predicted molar refractivity (Wildman–Crippen MR) is 125 cm³/mol. The average Bonchev–Trinajstić information content (AvgIpc) is 3.17. The molecule has 12 nitrogen and oxygen atoms in total. The quantitative estimate of drug-likeness (QED) is 0.230. The van der Waals surface area contributed by atoms with Crippen molar-refractivity contribution in [1.82, 2.24) is 15.2 Å². The molecule has 184 valence electrons. The number of fused-ring (bicyclic) bond motifs is 1. The fraction of sp³-hybridized carbons (Fsp3) is 0.500. The van der Waals surface area contributed by atoms with Crippen LogP contribution in [0.4, 0.5) is 5.13 Å². The highest BCUT2D eigenvalue weighted by Crippen LogP contribution is 2.41. The Kier molecular flexibility index (Phi) is 7.51. The van der Waals surface area contributed by atoms with Crippen molar-refractivity contribution in [3.8, 4) is 0 Å². The summed E-state index contributed by atoms with van der Waals surface area (Å²) in [6.07, 6.45) is 0. The van der Waals surface area contributed by atoms with Crippen LogP contribution in [0.25, 0.3) is 0 Å². The molecule has 1 aromatic rings. The summed E-state index contributed by atoms with van der Waals surface area (Å²) in [5.41, 5.74) is 5.37. The van der Waals surface area contributed by atoms with Gasteiger partial charge in [-0.1, -0.05) is 5.16 Å². The van der Waals surface area contributed by atoms with E-state index in [2.05, 4.69) is 15.5 Å². The van der Waals surface area contributed by atoms with Crippen molar-refractivity contribution in [1.29, 1.82) is 0 Å². The third kappa shape index (κ3) is 5.50. The average molecular weight is 512 g/mol. The van der Waals surface area contributed by atoms with Gasteiger partial charge < -0.3 is 25.4 Å². The zero-order valence-electron chi connectivity index (χ0n) is 19.2. The summed E-state index contributed by atoms with van der Waals surface area (Å²) in [4.78, 5) is 60.2. The highest BCUT2D eigenvalue weighted by Gasteiger charge is 2.55. The molecule has 2 aliphatic rings. The number of hydrogen-bond donors (Lipinski definition) is 2. The molecule has 0 unspecified atom stereocenters. The lowest BCUT2D eigenvalue weighted by atomic mass is 10.0. The van der Waals surface area contributed by atoms with E-state index in [1.807, 2.05) is 0 Å². The third-order valence-corrected chi connectivity index (χ3v) is 6.55. The molecule has 0 bridgehead atoms. The van der Waals surface area contributed by atoms with Crippen molar-refractivity contribution < 1.29 is 33.5 Å². The smallest absolute Gasteiger partial charge is 0.355 e. The molecular weight excluding hydrogens is 486 g/mol. The van der Waals surface area contributed by atoms with Gasteiger partial charge in [0, 0.05) is 23.6 Å². The number of amides is 2. The molecule has 3 rings (SSSR count). The van der Waals surface area contributed by atoms with Crippen molar-refractivity contribution in [3.63, 3.8) is 0 Å². The van der Waals surface area contributed by atoms with Crippen molar-refractivity contribution in [2.24, 2.45) is 5.16 Å². The molecule has 1 aromatic heterocycles. The maximum absolute atomic E-state index is 13.1. The molecule has 14 heteroatoms. The largest absolute Gasteiger partial charge is 0.461 e. The number of rotatable bonds is 7. The molecule has 0 radical (unpaired) electrons. The Morgan fingerprint density at radius 2 is 2.06 bits per heavy atom. The van der Waals surface area contributed by atoms with Gasteiger partial charge in [0.2, 0.25) is 0 Å². The van der Waals surface area contributed by atoms with Crippen LogP contribution < -0.4 is 11.1 Å². The fourth-order valence-corrected chi connectivity index (χ4v) is 5.07. The number of anilines is 1. The molecule has 0 spiro atoms. The zero-order chi connectivity index (χ0) is 25.2. The number of nitrogen functional groups attached to an aromatic ring is 1. The molecule has 1 saturated heterocycles. The summed E-state index contributed by atoms with van der Waals surface area (Å²) in [5, 5.41) is 7.57. The Bertz CT molecular complexity index is 1080. The van der Waals surface area contributed by atoms with E-state index in [-0.39, 0.29) is 28.8 Å². The predicted octanol–water partition coefficient (Wildman–Crippen LogP) is 0.635. The fourth-order valence-electron chi connectivity index (χ4n) is 3.20. The molecular formula is C20H25N5O7S2. The molecule has 3 heterocycles. The molecule has 0 saturated carbocycles. The SMILES string of the molecule is CON=C(C(=O)N[C@H]1C(=O)N2C(C(=O)OC(C)(C)C)=C(COC(C)=O)CS[C@H]12)c1csc(N)n1. The number of thioether (sulfide) groups is 1. The Labute approximate surface area is 203 Å². The first-order chi connectivity index (χ1) is 15.9. The summed E-state index contributed by atoms with van der Waals surface area (Å²) >= 11 is 2.45. The number of aromatic nitrogens is 1. The number of nitrogens with one attached hydrogen (secondary N) is 1. The van der Waals surface area contributed by atoms with Gasteiger partial charge in [-0.3, -0.25) is 19.3 Å². The number of ether oxygens (including phenoxy) is 2. The lowest BCUT2D eigenvalue weighted by Crippen LogP contribution is -2.71. The van der Waals surface area contributed by atoms with Gasteiger partial charge in [0.25, 0.3) is 11.8 Å². The summed E-state index contributed by atoms with van der Waals surface area (Å²) in [6, 6.07) is -0.928. The Hall–Kier alpha value is -3.13. The minimum atomic E-state index is -0.928. The monoisotopic (exact) mass is 511 g/mol. The van der Waals surface area contributed by atoms with E-state index in [9.17, 15) is 19.2 Å². The third-order valence-electron chi connectivity index (χ3n) is 4.54. The lowest BCUT2D eigenvalue weighted by molar-refractivity contribution is -0.159. The molecule has 0 aliphatic carbocycles. The highest BCUT2D eigenvalue weighted by molar-refractivity contribution is 8.00. The van der Waals surface area contributed by atoms with E-state index in [0.29, 0.717) is 11.3 Å². The molecule has 3 N–H and O–H groups in total. The first-order valence-electron chi connectivity index (χ1n) is 10.1. The molecule has 2 amide bonds. The first-order valence-corrected chi connectivity index (χ1v) is 12.0. The Morgan fingerprint density at radius 1 is 1.35 bits per heavy atom. The van der Waals surface area contributed by atoms with Gasteiger partial charge in [0.15, 0.2) is 10.8 Å². The number of hydrogen-bond acceptors (Lipinski definition) is 12. The molecule has 1 fully saturated rings. The maximum Gasteiger partial charge on any atom is 0.355 e. The number of oxime groups is 1. The van der Waals surface area contributed by atoms with Crippen LogP contribution in [0, 0.1) is 0 Å². The van der Waals surface area contributed by atoms with Crippen molar-refractivity contribution in [2.45, 2.75) is 44.7 Å². The summed E-state index contributed by atoms with van der Waals surface area (Å²) < 4.78 is 10.5. The number of carbonyl (C=O) groups excluding carboxylic acids is 4. The molecule has 2 atom stereocenters. The van der Waals surface area contributed by atoms with Crippen LogP contribution in [0.2, 0.25) is 0 Å². The van der Waals surface area contributed by atoms with Crippen LogP contribution in [0.1, 0.15) is 33.4 Å². The minimum Gasteiger partial charge on any atom is -0.461 e. The second-order valence-electron chi connectivity index (χ2n) is 8.29. The normalized spacial score (nSPS) is 20.3. The number of carbonyl (C=O) groups is 4. The van der Waals surface area contributed by atoms with Gasteiger partial charge in [-0.2, -0.15) is 0 Å². The van der Waals surface area contributed by atoms with E-state index in [1.54, 1.807) is 26.2 Å². The van der Waals surface area contributed by atoms with Crippen LogP contribution >= 0.6 is 23.1 Å². The number of thiazole rings is 1. The minimum absolute atomic E-state index is 0.0217. The summed E-state index contributed by atoms with van der Waals surface area (Å²) in [6.45, 7) is 6.21. The van der Waals surface area contributed by atoms with Crippen molar-refractivity contribution in [2.75, 3.05) is 25.2 Å². The number of nitrogens with zero attached hydrogens (tertiary/aromatic N) is 3. The second-order valence-corrected chi connectivity index (χ2v) is 10.3. The van der Waals surface area contributed by atoms with E-state index in [4.69, 9.17) is 20.0 Å². The first kappa shape index (κ1) is 25.5. The lowest BCUT2D eigenvalue weighted by Gasteiger charge is -2.49. The Morgan fingerprint density at radius 3 is 2.62 bits per heavy atom. The summed E-state index contributed by atoms with van der Waals surface area (Å²) in [7, 11) is 1.28. The van der Waals surface area contributed by atoms with E-state index in [0.717, 1.165) is 11.3 Å². The molecule has 34 heavy (non-hydrogen) atoms. The van der Waals surface area contributed by atoms with E-state index >= 15 is 0 Å². The molecule has 2 aliphatic heterocycles. The van der Waals surface area contributed by atoms with Crippen LogP contribution in [0.3, 0.4) is 0 Å². The van der Waals surface area contributed by atoms with Gasteiger partial charge in [0.1, 0.15) is 42.1 Å². The molecule has 0 aromatic carbocycles. The van der Waals surface area contributed by atoms with Crippen LogP contribution in [-0.2, 0) is 33.5 Å². The van der Waals surface area contributed by atoms with Crippen LogP contribution in [-0.4, -0.2) is 75.8 Å². The van der Waals surface area contributed by atoms with E-state index < -0.39 is 40.8 Å². The number of esters is 2. The Balaban J connectivity index is 1.83. The van der Waals surface area contributed by atoms with Gasteiger partial charge >= 0.3 is 11.9 Å². The van der Waals surface area contributed by atoms with Gasteiger partial charge in [0.05, 0.1) is 0 Å². The maximum atomic E-state index is 13.1. The van der Waals surface area contributed by atoms with E-state index in [1.165, 1.54) is 30.7 Å². The van der Waals surface area contributed by atoms with Crippen LogP contribution in [0.15, 0.2) is 21.8 Å². The van der Waals surface area contributed by atoms with Gasteiger partial charge in [-0.15, -0.1) is 23.1 Å². The van der Waals surface area contributed by atoms with Gasteiger partial charge in [-0.05, 0) is 20.8 Å². The standard InChI is InChI=1S/C20H25N5O7S2/c1-9(26)31-6-10-7-33-17-13(16(28)25(17)14(10)18(29)32-20(2,3)4)23-15(27)12(24-30-5)11-8-34-19(21)22-11/h8,13,17H,6-7H2,1-5H3,(H2,21,22)(H,23,27)/t13-,17+/m0/s1. The van der Waals surface area contributed by atoms with Crippen molar-refractivity contribution >= 4 is 57.7 Å². The number of nitrogens with two attached hydrogens (primary N) is 1. The highest BCUT2D eigenvalue weighted by atomic mass is 32.2. The summed E-state index contributed by atoms with van der Waals surface area (Å²) in [5.74, 6) is -2.13. The van der Waals surface area contributed by atoms with Crippen LogP contribution in [0.5, 0.6) is 0 Å². The zero-order valence-corrected chi connectivity index (χ0v) is 20.9. The second kappa shape index (κ2) is 10.0.